The first-order valence-electron chi connectivity index (χ1n) is 8.73. The Bertz CT molecular complexity index is 915. The standard InChI is InChI=1S/C19H19N3O5/c1-2-3-10-22-16(23)9-8-15(20-22)19(26)27-12-11-21-17(24)13-6-4-5-7-14(13)18(21)25/h4-9H,2-3,10-12H2,1H3. The van der Waals surface area contributed by atoms with Gasteiger partial charge in [-0.2, -0.15) is 5.10 Å². The average Bonchev–Trinajstić information content (AvgIpc) is 2.92. The van der Waals surface area contributed by atoms with Crippen molar-refractivity contribution >= 4 is 17.8 Å². The monoisotopic (exact) mass is 369 g/mol. The molecule has 0 radical (unpaired) electrons. The third kappa shape index (κ3) is 3.79. The van der Waals surface area contributed by atoms with E-state index in [0.29, 0.717) is 17.7 Å². The number of imide groups is 1. The van der Waals surface area contributed by atoms with Gasteiger partial charge >= 0.3 is 5.97 Å². The molecule has 1 aromatic carbocycles. The number of amides is 2. The molecule has 0 unspecified atom stereocenters. The zero-order chi connectivity index (χ0) is 19.4. The van der Waals surface area contributed by atoms with Gasteiger partial charge in [0.1, 0.15) is 6.61 Å². The molecule has 0 aliphatic carbocycles. The van der Waals surface area contributed by atoms with E-state index in [9.17, 15) is 19.2 Å². The highest BCUT2D eigenvalue weighted by atomic mass is 16.5. The molecule has 0 N–H and O–H groups in total. The fraction of sp³-hybridized carbons (Fsp3) is 0.316. The van der Waals surface area contributed by atoms with Gasteiger partial charge in [0.2, 0.25) is 0 Å². The molecule has 0 fully saturated rings. The summed E-state index contributed by atoms with van der Waals surface area (Å²) in [6.07, 6.45) is 1.66. The Hall–Kier alpha value is -3.29. The molecule has 0 saturated carbocycles. The molecule has 1 aliphatic heterocycles. The van der Waals surface area contributed by atoms with Crippen molar-refractivity contribution in [2.24, 2.45) is 0 Å². The van der Waals surface area contributed by atoms with Crippen molar-refractivity contribution in [3.8, 4) is 0 Å². The minimum absolute atomic E-state index is 0.00747. The fourth-order valence-electron chi connectivity index (χ4n) is 2.77. The van der Waals surface area contributed by atoms with Gasteiger partial charge in [0.05, 0.1) is 17.7 Å². The van der Waals surface area contributed by atoms with Crippen molar-refractivity contribution in [1.29, 1.82) is 0 Å². The molecule has 0 bridgehead atoms. The second kappa shape index (κ2) is 7.94. The van der Waals surface area contributed by atoms with Crippen LogP contribution in [0.5, 0.6) is 0 Å². The number of nitrogens with zero attached hydrogens (tertiary/aromatic N) is 3. The summed E-state index contributed by atoms with van der Waals surface area (Å²) in [7, 11) is 0. The van der Waals surface area contributed by atoms with E-state index in [-0.39, 0.29) is 24.4 Å². The van der Waals surface area contributed by atoms with Gasteiger partial charge in [-0.15, -0.1) is 0 Å². The highest BCUT2D eigenvalue weighted by molar-refractivity contribution is 6.21. The van der Waals surface area contributed by atoms with Crippen LogP contribution in [0.4, 0.5) is 0 Å². The molecule has 2 aromatic rings. The number of carbonyl (C=O) groups excluding carboxylic acids is 3. The predicted molar refractivity (Wildman–Crippen MR) is 95.5 cm³/mol. The molecule has 2 amide bonds. The van der Waals surface area contributed by atoms with Gasteiger partial charge in [0.25, 0.3) is 17.4 Å². The summed E-state index contributed by atoms with van der Waals surface area (Å²) in [5.41, 5.74) is 0.413. The second-order valence-corrected chi connectivity index (χ2v) is 6.08. The lowest BCUT2D eigenvalue weighted by Gasteiger charge is -2.13. The third-order valence-electron chi connectivity index (χ3n) is 4.23. The maximum atomic E-state index is 12.2. The molecule has 27 heavy (non-hydrogen) atoms. The SMILES string of the molecule is CCCCn1nc(C(=O)OCCN2C(=O)c3ccccc3C2=O)ccc1=O. The Morgan fingerprint density at radius 2 is 1.67 bits per heavy atom. The van der Waals surface area contributed by atoms with E-state index in [1.165, 1.54) is 16.8 Å². The summed E-state index contributed by atoms with van der Waals surface area (Å²) >= 11 is 0. The summed E-state index contributed by atoms with van der Waals surface area (Å²) < 4.78 is 6.35. The van der Waals surface area contributed by atoms with Gasteiger partial charge in [-0.05, 0) is 24.6 Å². The van der Waals surface area contributed by atoms with E-state index in [0.717, 1.165) is 17.7 Å². The van der Waals surface area contributed by atoms with Gasteiger partial charge in [-0.25, -0.2) is 9.48 Å². The molecule has 0 spiro atoms. The van der Waals surface area contributed by atoms with Gasteiger partial charge in [-0.3, -0.25) is 19.3 Å². The number of hydrogen-bond acceptors (Lipinski definition) is 6. The van der Waals surface area contributed by atoms with Crippen molar-refractivity contribution in [1.82, 2.24) is 14.7 Å². The number of benzene rings is 1. The van der Waals surface area contributed by atoms with Crippen molar-refractivity contribution in [3.63, 3.8) is 0 Å². The molecule has 8 heteroatoms. The average molecular weight is 369 g/mol. The largest absolute Gasteiger partial charge is 0.459 e. The molecular weight excluding hydrogens is 350 g/mol. The predicted octanol–water partition coefficient (Wildman–Crippen LogP) is 1.50. The molecule has 8 nitrogen and oxygen atoms in total. The summed E-state index contributed by atoms with van der Waals surface area (Å²) in [6.45, 7) is 2.21. The number of fused-ring (bicyclic) bond motifs is 1. The van der Waals surface area contributed by atoms with Gasteiger partial charge in [-0.1, -0.05) is 25.5 Å². The lowest BCUT2D eigenvalue weighted by molar-refractivity contribution is 0.0413. The number of rotatable bonds is 7. The topological polar surface area (TPSA) is 98.6 Å². The van der Waals surface area contributed by atoms with Gasteiger partial charge in [0, 0.05) is 12.6 Å². The van der Waals surface area contributed by atoms with Crippen LogP contribution in [0.15, 0.2) is 41.2 Å². The summed E-state index contributed by atoms with van der Waals surface area (Å²) in [4.78, 5) is 49.4. The zero-order valence-electron chi connectivity index (χ0n) is 14.9. The van der Waals surface area contributed by atoms with E-state index in [1.807, 2.05) is 6.92 Å². The molecule has 1 aromatic heterocycles. The van der Waals surface area contributed by atoms with Crippen LogP contribution in [-0.4, -0.2) is 45.6 Å². The normalized spacial score (nSPS) is 13.0. The van der Waals surface area contributed by atoms with Crippen LogP contribution in [0.2, 0.25) is 0 Å². The van der Waals surface area contributed by atoms with E-state index in [1.54, 1.807) is 24.3 Å². The minimum Gasteiger partial charge on any atom is -0.459 e. The summed E-state index contributed by atoms with van der Waals surface area (Å²) in [5.74, 6) is -1.52. The lowest BCUT2D eigenvalue weighted by atomic mass is 10.1. The van der Waals surface area contributed by atoms with Crippen molar-refractivity contribution in [2.75, 3.05) is 13.2 Å². The Morgan fingerprint density at radius 1 is 1.00 bits per heavy atom. The Labute approximate surface area is 155 Å². The Kier molecular flexibility index (Phi) is 5.44. The maximum Gasteiger partial charge on any atom is 0.358 e. The molecule has 0 saturated heterocycles. The van der Waals surface area contributed by atoms with E-state index in [4.69, 9.17) is 4.74 Å². The second-order valence-electron chi connectivity index (χ2n) is 6.08. The molecule has 2 heterocycles. The highest BCUT2D eigenvalue weighted by Gasteiger charge is 2.34. The van der Waals surface area contributed by atoms with E-state index < -0.39 is 17.8 Å². The first-order valence-corrected chi connectivity index (χ1v) is 8.73. The molecular formula is C19H19N3O5. The Morgan fingerprint density at radius 3 is 2.30 bits per heavy atom. The molecule has 140 valence electrons. The van der Waals surface area contributed by atoms with Crippen molar-refractivity contribution < 1.29 is 19.1 Å². The number of esters is 1. The van der Waals surface area contributed by atoms with Crippen LogP contribution in [0.3, 0.4) is 0 Å². The lowest BCUT2D eigenvalue weighted by Crippen LogP contribution is -2.33. The number of aromatic nitrogens is 2. The van der Waals surface area contributed by atoms with Crippen LogP contribution in [0.25, 0.3) is 0 Å². The molecule has 3 rings (SSSR count). The minimum atomic E-state index is -0.711. The summed E-state index contributed by atoms with van der Waals surface area (Å²) in [6, 6.07) is 9.12. The van der Waals surface area contributed by atoms with Crippen LogP contribution in [0.1, 0.15) is 51.0 Å². The number of ether oxygens (including phenoxy) is 1. The van der Waals surface area contributed by atoms with E-state index in [2.05, 4.69) is 5.10 Å². The summed E-state index contributed by atoms with van der Waals surface area (Å²) in [5, 5.41) is 4.00. The van der Waals surface area contributed by atoms with Crippen molar-refractivity contribution in [2.45, 2.75) is 26.3 Å². The Balaban J connectivity index is 1.60. The number of aryl methyl sites for hydroxylation is 1. The number of carbonyl (C=O) groups is 3. The molecule has 1 aliphatic rings. The van der Waals surface area contributed by atoms with Crippen LogP contribution in [0, 0.1) is 0 Å². The third-order valence-corrected chi connectivity index (χ3v) is 4.23. The van der Waals surface area contributed by atoms with Gasteiger partial charge in [0.15, 0.2) is 5.69 Å². The van der Waals surface area contributed by atoms with E-state index >= 15 is 0 Å². The fourth-order valence-corrected chi connectivity index (χ4v) is 2.77. The maximum absolute atomic E-state index is 12.2. The van der Waals surface area contributed by atoms with Gasteiger partial charge < -0.3 is 4.74 Å². The van der Waals surface area contributed by atoms with Crippen LogP contribution < -0.4 is 5.56 Å². The van der Waals surface area contributed by atoms with Crippen molar-refractivity contribution in [3.05, 3.63) is 63.6 Å². The zero-order valence-corrected chi connectivity index (χ0v) is 14.9. The quantitative estimate of drug-likeness (QED) is 0.542. The first kappa shape index (κ1) is 18.5. The first-order chi connectivity index (χ1) is 13.0. The smallest absolute Gasteiger partial charge is 0.358 e. The highest BCUT2D eigenvalue weighted by Crippen LogP contribution is 2.21. The molecule has 0 atom stereocenters. The van der Waals surface area contributed by atoms with Crippen LogP contribution >= 0.6 is 0 Å². The van der Waals surface area contributed by atoms with Crippen LogP contribution in [-0.2, 0) is 11.3 Å². The number of unbranched alkanes of at least 4 members (excludes halogenated alkanes) is 1. The number of hydrogen-bond donors (Lipinski definition) is 0.